The molecule has 0 unspecified atom stereocenters. The van der Waals surface area contributed by atoms with E-state index in [9.17, 15) is 4.79 Å². The monoisotopic (exact) mass is 208 g/mol. The summed E-state index contributed by atoms with van der Waals surface area (Å²) in [6.07, 6.45) is -0.348. The number of carbonyl (C=O) groups is 1. The minimum atomic E-state index is -0.548. The highest BCUT2D eigenvalue weighted by atomic mass is 16.5. The highest BCUT2D eigenvalue weighted by Crippen LogP contribution is 2.34. The number of ether oxygens (including phenoxy) is 1. The Morgan fingerprint density at radius 1 is 1.53 bits per heavy atom. The van der Waals surface area contributed by atoms with Crippen LogP contribution in [0.1, 0.15) is 32.8 Å². The molecule has 0 heterocycles. The lowest BCUT2D eigenvalue weighted by atomic mass is 9.81. The molecule has 0 spiro atoms. The van der Waals surface area contributed by atoms with Gasteiger partial charge >= 0.3 is 0 Å². The molecule has 0 aliphatic carbocycles. The molecule has 1 aromatic carbocycles. The minimum Gasteiger partial charge on any atom is -0.496 e. The molecular formula is C13H18O2. The number of hydrogen-bond donors (Lipinski definition) is 0. The van der Waals surface area contributed by atoms with Crippen molar-refractivity contribution in [2.24, 2.45) is 0 Å². The van der Waals surface area contributed by atoms with Gasteiger partial charge in [-0.05, 0) is 24.0 Å². The number of aldehydes is 1. The molecule has 0 saturated heterocycles. The Bertz CT molecular complexity index is 397. The second-order valence-corrected chi connectivity index (χ2v) is 4.41. The third-order valence-corrected chi connectivity index (χ3v) is 2.60. The smallest absolute Gasteiger partial charge is 0.122 e. The molecule has 1 rings (SSSR count). The maximum atomic E-state index is 10.9. The number of aryl methyl sites for hydroxylation is 1. The highest BCUT2D eigenvalue weighted by molar-refractivity contribution is 5.55. The zero-order chi connectivity index (χ0) is 12.3. The van der Waals surface area contributed by atoms with E-state index in [-0.39, 0.29) is 11.8 Å². The Kier molecular flexibility index (Phi) is 3.05. The van der Waals surface area contributed by atoms with E-state index in [1.807, 2.05) is 39.0 Å². The summed E-state index contributed by atoms with van der Waals surface area (Å²) in [5.74, 6) is 0.784. The van der Waals surface area contributed by atoms with E-state index in [2.05, 4.69) is 0 Å². The molecule has 82 valence electrons. The van der Waals surface area contributed by atoms with E-state index < -0.39 is 6.26 Å². The maximum absolute atomic E-state index is 10.9. The van der Waals surface area contributed by atoms with E-state index in [0.29, 0.717) is 0 Å². The molecule has 0 bridgehead atoms. The molecule has 0 aliphatic heterocycles. The summed E-state index contributed by atoms with van der Waals surface area (Å²) in [4.78, 5) is 10.9. The van der Waals surface area contributed by atoms with Crippen molar-refractivity contribution < 1.29 is 10.9 Å². The van der Waals surface area contributed by atoms with Crippen LogP contribution < -0.4 is 4.74 Å². The third-order valence-electron chi connectivity index (χ3n) is 2.60. The van der Waals surface area contributed by atoms with E-state index >= 15 is 0 Å². The van der Waals surface area contributed by atoms with Crippen molar-refractivity contribution in [3.8, 4) is 5.75 Å². The molecule has 2 heteroatoms. The fourth-order valence-corrected chi connectivity index (χ4v) is 1.63. The summed E-state index contributed by atoms with van der Waals surface area (Å²) < 4.78 is 12.4. The lowest BCUT2D eigenvalue weighted by Gasteiger charge is -2.25. The van der Waals surface area contributed by atoms with Gasteiger partial charge in [-0.15, -0.1) is 0 Å². The van der Waals surface area contributed by atoms with Gasteiger partial charge < -0.3 is 9.53 Å². The molecular weight excluding hydrogens is 188 g/mol. The van der Waals surface area contributed by atoms with E-state index in [0.717, 1.165) is 16.9 Å². The van der Waals surface area contributed by atoms with Crippen molar-refractivity contribution in [2.45, 2.75) is 32.6 Å². The van der Waals surface area contributed by atoms with Crippen LogP contribution in [-0.2, 0) is 10.2 Å². The summed E-state index contributed by atoms with van der Waals surface area (Å²) in [6.45, 7) is 5.90. The first-order valence-corrected chi connectivity index (χ1v) is 5.01. The third kappa shape index (κ3) is 2.58. The first kappa shape index (κ1) is 10.2. The maximum Gasteiger partial charge on any atom is 0.122 e. The molecule has 0 aliphatic rings. The summed E-state index contributed by atoms with van der Waals surface area (Å²) in [5, 5.41) is 0. The summed E-state index contributed by atoms with van der Waals surface area (Å²) in [6, 6.07) is 5.91. The fourth-order valence-electron chi connectivity index (χ4n) is 1.63. The Balaban J connectivity index is 3.15. The van der Waals surface area contributed by atoms with Crippen molar-refractivity contribution in [1.29, 1.82) is 0 Å². The van der Waals surface area contributed by atoms with E-state index in [4.69, 9.17) is 6.11 Å². The lowest BCUT2D eigenvalue weighted by Crippen LogP contribution is -2.18. The van der Waals surface area contributed by atoms with Crippen molar-refractivity contribution in [3.05, 3.63) is 29.3 Å². The molecule has 0 fully saturated rings. The molecule has 15 heavy (non-hydrogen) atoms. The van der Waals surface area contributed by atoms with Gasteiger partial charge in [0, 0.05) is 12.0 Å². The van der Waals surface area contributed by atoms with Crippen LogP contribution in [0.3, 0.4) is 0 Å². The first-order valence-electron chi connectivity index (χ1n) is 5.51. The zero-order valence-electron chi connectivity index (χ0n) is 10.8. The van der Waals surface area contributed by atoms with Crippen LogP contribution in [-0.4, -0.2) is 13.4 Å². The van der Waals surface area contributed by atoms with Crippen molar-refractivity contribution >= 4 is 6.26 Å². The lowest BCUT2D eigenvalue weighted by molar-refractivity contribution is -0.108. The molecule has 0 atom stereocenters. The van der Waals surface area contributed by atoms with Crippen LogP contribution in [0.25, 0.3) is 0 Å². The van der Waals surface area contributed by atoms with Crippen LogP contribution in [0, 0.1) is 6.92 Å². The van der Waals surface area contributed by atoms with Gasteiger partial charge in [0.05, 0.1) is 7.11 Å². The van der Waals surface area contributed by atoms with Crippen LogP contribution in [0.4, 0.5) is 0 Å². The van der Waals surface area contributed by atoms with Gasteiger partial charge in [-0.3, -0.25) is 0 Å². The van der Waals surface area contributed by atoms with Gasteiger partial charge in [-0.25, -0.2) is 0 Å². The minimum absolute atomic E-state index is 0.201. The second-order valence-electron chi connectivity index (χ2n) is 4.41. The van der Waals surface area contributed by atoms with Crippen LogP contribution in [0.15, 0.2) is 18.2 Å². The Hall–Kier alpha value is -1.31. The number of rotatable bonds is 4. The molecule has 0 radical (unpaired) electrons. The zero-order valence-corrected chi connectivity index (χ0v) is 9.76. The number of benzene rings is 1. The average Bonchev–Trinajstić information content (AvgIpc) is 2.15. The molecule has 1 aromatic rings. The molecule has 0 amide bonds. The molecule has 0 saturated carbocycles. The second kappa shape index (κ2) is 4.47. The highest BCUT2D eigenvalue weighted by Gasteiger charge is 2.23. The predicted octanol–water partition coefficient (Wildman–Crippen LogP) is 2.87. The van der Waals surface area contributed by atoms with E-state index in [1.54, 1.807) is 7.11 Å². The average molecular weight is 208 g/mol. The van der Waals surface area contributed by atoms with Gasteiger partial charge in [-0.1, -0.05) is 26.0 Å². The Morgan fingerprint density at radius 2 is 2.20 bits per heavy atom. The van der Waals surface area contributed by atoms with Gasteiger partial charge in [0.2, 0.25) is 0 Å². The molecule has 0 aromatic heterocycles. The van der Waals surface area contributed by atoms with Crippen molar-refractivity contribution in [1.82, 2.24) is 0 Å². The Labute approximate surface area is 92.7 Å². The van der Waals surface area contributed by atoms with Crippen LogP contribution in [0.5, 0.6) is 5.75 Å². The number of hydrogen-bond acceptors (Lipinski definition) is 2. The van der Waals surface area contributed by atoms with E-state index in [1.165, 1.54) is 0 Å². The van der Waals surface area contributed by atoms with Gasteiger partial charge in [-0.2, -0.15) is 0 Å². The number of carbonyl (C=O) groups excluding carboxylic acids is 1. The normalized spacial score (nSPS) is 12.1. The number of methoxy groups -OCH3 is 1. The standard InChI is InChI=1S/C13H18O2/c1-10-5-6-11(12(9-10)15-4)13(2,3)7-8-14/h5-6,8-9H,7H2,1-4H3/i8T. The van der Waals surface area contributed by atoms with Gasteiger partial charge in [0.1, 0.15) is 13.4 Å². The summed E-state index contributed by atoms with van der Waals surface area (Å²) in [7, 11) is 1.62. The first-order chi connectivity index (χ1) is 7.36. The summed E-state index contributed by atoms with van der Waals surface area (Å²) >= 11 is 0. The SMILES string of the molecule is [3H]C(=O)CC(C)(C)c1ccc(C)cc1OC. The predicted molar refractivity (Wildman–Crippen MR) is 61.4 cm³/mol. The topological polar surface area (TPSA) is 26.3 Å². The largest absolute Gasteiger partial charge is 0.496 e. The molecule has 0 N–H and O–H groups in total. The Morgan fingerprint density at radius 3 is 2.73 bits per heavy atom. The van der Waals surface area contributed by atoms with Crippen molar-refractivity contribution in [2.75, 3.05) is 7.11 Å². The quantitative estimate of drug-likeness (QED) is 0.711. The molecule has 2 nitrogen and oxygen atoms in total. The van der Waals surface area contributed by atoms with Crippen molar-refractivity contribution in [3.63, 3.8) is 0 Å². The van der Waals surface area contributed by atoms with Crippen LogP contribution in [0.2, 0.25) is 0 Å². The van der Waals surface area contributed by atoms with Gasteiger partial charge in [0.25, 0.3) is 0 Å². The van der Waals surface area contributed by atoms with Gasteiger partial charge in [0.15, 0.2) is 0 Å². The van der Waals surface area contributed by atoms with Crippen LogP contribution >= 0.6 is 0 Å². The summed E-state index contributed by atoms with van der Waals surface area (Å²) in [5.41, 5.74) is 1.73. The fraction of sp³-hybridized carbons (Fsp3) is 0.462.